The van der Waals surface area contributed by atoms with Crippen LogP contribution in [0, 0.1) is 0 Å². The van der Waals surface area contributed by atoms with E-state index in [0.29, 0.717) is 18.9 Å². The number of nitrogens with one attached hydrogen (secondary N) is 1. The number of benzene rings is 2. The Bertz CT molecular complexity index is 537. The van der Waals surface area contributed by atoms with Crippen LogP contribution in [0.5, 0.6) is 11.5 Å². The first-order chi connectivity index (χ1) is 9.70. The summed E-state index contributed by atoms with van der Waals surface area (Å²) < 4.78 is 5.43. The molecule has 0 saturated heterocycles. The molecule has 0 heterocycles. The maximum absolute atomic E-state index is 9.73. The van der Waals surface area contributed by atoms with E-state index in [2.05, 4.69) is 24.4 Å². The molecule has 1 atom stereocenters. The zero-order chi connectivity index (χ0) is 14.4. The van der Waals surface area contributed by atoms with E-state index in [-0.39, 0.29) is 6.04 Å². The summed E-state index contributed by atoms with van der Waals surface area (Å²) >= 11 is 0. The average molecular weight is 271 g/mol. The number of hydrogen-bond donors (Lipinski definition) is 2. The fraction of sp³-hybridized carbons (Fsp3) is 0.294. The first kappa shape index (κ1) is 14.4. The lowest BCUT2D eigenvalue weighted by atomic mass is 10.1. The molecule has 2 aromatic carbocycles. The van der Waals surface area contributed by atoms with Crippen molar-refractivity contribution in [3.05, 3.63) is 59.7 Å². The second-order valence-electron chi connectivity index (χ2n) is 4.73. The molecular weight excluding hydrogens is 250 g/mol. The third kappa shape index (κ3) is 3.75. The van der Waals surface area contributed by atoms with Crippen LogP contribution in [0.25, 0.3) is 0 Å². The van der Waals surface area contributed by atoms with E-state index in [1.54, 1.807) is 6.07 Å². The van der Waals surface area contributed by atoms with Crippen LogP contribution in [0.15, 0.2) is 48.5 Å². The number of aromatic hydroxyl groups is 1. The largest absolute Gasteiger partial charge is 0.508 e. The van der Waals surface area contributed by atoms with Crippen molar-refractivity contribution in [1.82, 2.24) is 5.32 Å². The molecule has 0 spiro atoms. The predicted octanol–water partition coefficient (Wildman–Crippen LogP) is 3.64. The van der Waals surface area contributed by atoms with Crippen LogP contribution in [0.2, 0.25) is 0 Å². The minimum absolute atomic E-state index is 0.213. The molecule has 20 heavy (non-hydrogen) atoms. The molecule has 0 aliphatic rings. The molecule has 106 valence electrons. The van der Waals surface area contributed by atoms with Crippen LogP contribution in [0.1, 0.15) is 31.0 Å². The lowest BCUT2D eigenvalue weighted by Gasteiger charge is -2.15. The summed E-state index contributed by atoms with van der Waals surface area (Å²) in [5, 5.41) is 13.1. The quantitative estimate of drug-likeness (QED) is 0.842. The molecular formula is C17H21NO2. The Balaban J connectivity index is 1.94. The summed E-state index contributed by atoms with van der Waals surface area (Å²) in [5.41, 5.74) is 2.11. The first-order valence-corrected chi connectivity index (χ1v) is 6.93. The molecule has 2 N–H and O–H groups in total. The van der Waals surface area contributed by atoms with Gasteiger partial charge in [0.05, 0.1) is 6.61 Å². The number of rotatable bonds is 6. The van der Waals surface area contributed by atoms with Crippen molar-refractivity contribution in [2.45, 2.75) is 26.4 Å². The molecule has 0 aliphatic carbocycles. The minimum Gasteiger partial charge on any atom is -0.508 e. The lowest BCUT2D eigenvalue weighted by molar-refractivity contribution is 0.340. The molecule has 0 aliphatic heterocycles. The van der Waals surface area contributed by atoms with Crippen molar-refractivity contribution in [1.29, 1.82) is 0 Å². The number of phenolic OH excluding ortho intramolecular Hbond substituents is 1. The Morgan fingerprint density at radius 3 is 2.45 bits per heavy atom. The van der Waals surface area contributed by atoms with Crippen molar-refractivity contribution in [2.24, 2.45) is 0 Å². The standard InChI is InChI=1S/C17H21NO2/c1-3-20-16-10-8-14(9-11-16)13(2)18-12-15-6-4-5-7-17(15)19/h4-11,13,18-19H,3,12H2,1-2H3. The Kier molecular flexibility index (Phi) is 5.02. The van der Waals surface area contributed by atoms with E-state index >= 15 is 0 Å². The van der Waals surface area contributed by atoms with E-state index < -0.39 is 0 Å². The van der Waals surface area contributed by atoms with E-state index in [1.165, 1.54) is 5.56 Å². The maximum Gasteiger partial charge on any atom is 0.120 e. The Morgan fingerprint density at radius 2 is 1.80 bits per heavy atom. The van der Waals surface area contributed by atoms with Gasteiger partial charge in [0.2, 0.25) is 0 Å². The highest BCUT2D eigenvalue weighted by Gasteiger charge is 2.06. The molecule has 0 aromatic heterocycles. The monoisotopic (exact) mass is 271 g/mol. The summed E-state index contributed by atoms with van der Waals surface area (Å²) in [6, 6.07) is 15.7. The van der Waals surface area contributed by atoms with Gasteiger partial charge in [-0.2, -0.15) is 0 Å². The molecule has 2 rings (SSSR count). The van der Waals surface area contributed by atoms with E-state index in [9.17, 15) is 5.11 Å². The fourth-order valence-corrected chi connectivity index (χ4v) is 2.06. The topological polar surface area (TPSA) is 41.5 Å². The van der Waals surface area contributed by atoms with Crippen LogP contribution in [-0.2, 0) is 6.54 Å². The molecule has 1 unspecified atom stereocenters. The van der Waals surface area contributed by atoms with Crippen molar-refractivity contribution in [2.75, 3.05) is 6.61 Å². The molecule has 0 amide bonds. The van der Waals surface area contributed by atoms with Gasteiger partial charge in [-0.05, 0) is 37.6 Å². The van der Waals surface area contributed by atoms with Crippen molar-refractivity contribution >= 4 is 0 Å². The molecule has 0 fully saturated rings. The van der Waals surface area contributed by atoms with Crippen LogP contribution < -0.4 is 10.1 Å². The summed E-state index contributed by atoms with van der Waals surface area (Å²) in [7, 11) is 0. The summed E-state index contributed by atoms with van der Waals surface area (Å²) in [6.45, 7) is 5.40. The third-order valence-electron chi connectivity index (χ3n) is 3.28. The normalized spacial score (nSPS) is 12.1. The molecule has 3 heteroatoms. The average Bonchev–Trinajstić information content (AvgIpc) is 2.47. The fourth-order valence-electron chi connectivity index (χ4n) is 2.06. The highest BCUT2D eigenvalue weighted by molar-refractivity contribution is 5.32. The number of hydrogen-bond acceptors (Lipinski definition) is 3. The second-order valence-corrected chi connectivity index (χ2v) is 4.73. The molecule has 0 saturated carbocycles. The number of para-hydroxylation sites is 1. The van der Waals surface area contributed by atoms with Crippen molar-refractivity contribution in [3.63, 3.8) is 0 Å². The SMILES string of the molecule is CCOc1ccc(C(C)NCc2ccccc2O)cc1. The Morgan fingerprint density at radius 1 is 1.10 bits per heavy atom. The van der Waals surface area contributed by atoms with Gasteiger partial charge in [0.25, 0.3) is 0 Å². The number of phenols is 1. The van der Waals surface area contributed by atoms with E-state index in [4.69, 9.17) is 4.74 Å². The molecule has 2 aromatic rings. The Hall–Kier alpha value is -2.00. The molecule has 0 bridgehead atoms. The van der Waals surface area contributed by atoms with Crippen LogP contribution >= 0.6 is 0 Å². The van der Waals surface area contributed by atoms with Gasteiger partial charge in [-0.3, -0.25) is 0 Å². The summed E-state index contributed by atoms with van der Waals surface area (Å²) in [5.74, 6) is 1.23. The van der Waals surface area contributed by atoms with Gasteiger partial charge in [0.15, 0.2) is 0 Å². The van der Waals surface area contributed by atoms with Gasteiger partial charge < -0.3 is 15.2 Å². The lowest BCUT2D eigenvalue weighted by Crippen LogP contribution is -2.18. The van der Waals surface area contributed by atoms with Crippen molar-refractivity contribution < 1.29 is 9.84 Å². The highest BCUT2D eigenvalue weighted by Crippen LogP contribution is 2.20. The maximum atomic E-state index is 9.73. The van der Waals surface area contributed by atoms with Crippen molar-refractivity contribution in [3.8, 4) is 11.5 Å². The highest BCUT2D eigenvalue weighted by atomic mass is 16.5. The second kappa shape index (κ2) is 6.96. The Labute approximate surface area is 120 Å². The third-order valence-corrected chi connectivity index (χ3v) is 3.28. The first-order valence-electron chi connectivity index (χ1n) is 6.93. The zero-order valence-corrected chi connectivity index (χ0v) is 12.0. The predicted molar refractivity (Wildman–Crippen MR) is 81.0 cm³/mol. The smallest absolute Gasteiger partial charge is 0.120 e. The van der Waals surface area contributed by atoms with Crippen LogP contribution in [-0.4, -0.2) is 11.7 Å². The van der Waals surface area contributed by atoms with Gasteiger partial charge in [-0.15, -0.1) is 0 Å². The van der Waals surface area contributed by atoms with Gasteiger partial charge in [0, 0.05) is 18.2 Å². The number of ether oxygens (including phenoxy) is 1. The van der Waals surface area contributed by atoms with Crippen LogP contribution in [0.3, 0.4) is 0 Å². The van der Waals surface area contributed by atoms with Crippen LogP contribution in [0.4, 0.5) is 0 Å². The van der Waals surface area contributed by atoms with Gasteiger partial charge in [0.1, 0.15) is 11.5 Å². The summed E-state index contributed by atoms with van der Waals surface area (Å²) in [4.78, 5) is 0. The van der Waals surface area contributed by atoms with Gasteiger partial charge in [-0.25, -0.2) is 0 Å². The van der Waals surface area contributed by atoms with E-state index in [0.717, 1.165) is 11.3 Å². The summed E-state index contributed by atoms with van der Waals surface area (Å²) in [6.07, 6.45) is 0. The molecule has 3 nitrogen and oxygen atoms in total. The minimum atomic E-state index is 0.213. The molecule has 0 radical (unpaired) electrons. The van der Waals surface area contributed by atoms with E-state index in [1.807, 2.05) is 37.3 Å². The zero-order valence-electron chi connectivity index (χ0n) is 12.0. The van der Waals surface area contributed by atoms with Gasteiger partial charge in [-0.1, -0.05) is 30.3 Å². The van der Waals surface area contributed by atoms with Gasteiger partial charge >= 0.3 is 0 Å².